The number of nitrogens with zero attached hydrogens (tertiary/aromatic N) is 1. The van der Waals surface area contributed by atoms with Crippen LogP contribution in [0.2, 0.25) is 0 Å². The van der Waals surface area contributed by atoms with Gasteiger partial charge < -0.3 is 20.3 Å². The van der Waals surface area contributed by atoms with Crippen molar-refractivity contribution in [3.05, 3.63) is 106 Å². The number of benzene rings is 2. The van der Waals surface area contributed by atoms with Crippen LogP contribution in [-0.4, -0.2) is 40.0 Å². The van der Waals surface area contributed by atoms with Crippen LogP contribution in [0.3, 0.4) is 0 Å². The Labute approximate surface area is 204 Å². The molecule has 3 aromatic rings. The van der Waals surface area contributed by atoms with E-state index in [9.17, 15) is 19.5 Å². The molecule has 35 heavy (non-hydrogen) atoms. The summed E-state index contributed by atoms with van der Waals surface area (Å²) in [7, 11) is 0. The molecule has 3 rings (SSSR count). The molecule has 0 saturated carbocycles. The molecular weight excluding hydrogens is 444 g/mol. The molecule has 8 heteroatoms. The Hall–Kier alpha value is -4.20. The largest absolute Gasteiger partial charge is 0.481 e. The molecule has 8 nitrogen and oxygen atoms in total. The predicted molar refractivity (Wildman–Crippen MR) is 135 cm³/mol. The molecule has 1 amide bonds. The molecular formula is C27H30N4O4. The number of hydrogen-bond acceptors (Lipinski definition) is 4. The lowest BCUT2D eigenvalue weighted by atomic mass is 9.98. The second kappa shape index (κ2) is 12.3. The van der Waals surface area contributed by atoms with Gasteiger partial charge in [0.05, 0.1) is 18.3 Å². The van der Waals surface area contributed by atoms with Gasteiger partial charge in [-0.3, -0.25) is 19.8 Å². The number of aliphatic carboxylic acids is 1. The standard InChI is InChI=1S/C27H30N4O4/c1-19(28)29-16-8-14-22(18-24(32)33)30-26(34)23-15-9-17-31(27(23)35)25(20-10-4-2-5-11-20)21-12-6-3-7-13-21/h2-7,9-13,15,17,22,25H,8,14,16,18H2,1H3,(H2,28,29)(H,30,34)(H,32,33)/t22-/m0/s1. The first-order valence-electron chi connectivity index (χ1n) is 11.5. The Kier molecular flexibility index (Phi) is 8.95. The highest BCUT2D eigenvalue weighted by molar-refractivity contribution is 5.94. The molecule has 0 radical (unpaired) electrons. The van der Waals surface area contributed by atoms with E-state index in [0.717, 1.165) is 11.1 Å². The van der Waals surface area contributed by atoms with Crippen LogP contribution in [-0.2, 0) is 4.79 Å². The van der Waals surface area contributed by atoms with Crippen molar-refractivity contribution in [3.8, 4) is 0 Å². The van der Waals surface area contributed by atoms with E-state index in [2.05, 4.69) is 10.6 Å². The fourth-order valence-corrected chi connectivity index (χ4v) is 3.99. The highest BCUT2D eigenvalue weighted by atomic mass is 16.4. The molecule has 0 spiro atoms. The Morgan fingerprint density at radius 2 is 1.57 bits per heavy atom. The predicted octanol–water partition coefficient (Wildman–Crippen LogP) is 3.43. The van der Waals surface area contributed by atoms with E-state index in [1.54, 1.807) is 19.2 Å². The zero-order valence-corrected chi connectivity index (χ0v) is 19.6. The summed E-state index contributed by atoms with van der Waals surface area (Å²) in [5.74, 6) is -1.32. The summed E-state index contributed by atoms with van der Waals surface area (Å²) in [6.45, 7) is 2.12. The Balaban J connectivity index is 1.88. The highest BCUT2D eigenvalue weighted by Gasteiger charge is 2.23. The molecule has 1 atom stereocenters. The molecule has 0 aliphatic rings. The van der Waals surface area contributed by atoms with Gasteiger partial charge in [0.15, 0.2) is 0 Å². The van der Waals surface area contributed by atoms with E-state index in [1.807, 2.05) is 60.7 Å². The van der Waals surface area contributed by atoms with Crippen molar-refractivity contribution in [2.45, 2.75) is 38.3 Å². The third-order valence-electron chi connectivity index (χ3n) is 5.60. The third-order valence-corrected chi connectivity index (χ3v) is 5.60. The minimum absolute atomic E-state index is 0.0480. The van der Waals surface area contributed by atoms with E-state index < -0.39 is 29.5 Å². The SMILES string of the molecule is CC(=N)NCCC[C@@H](CC(=O)O)NC(=O)c1cccn(C(c2ccccc2)c2ccccc2)c1=O. The molecule has 0 unspecified atom stereocenters. The van der Waals surface area contributed by atoms with Gasteiger partial charge in [-0.15, -0.1) is 0 Å². The van der Waals surface area contributed by atoms with E-state index in [4.69, 9.17) is 5.41 Å². The molecule has 0 aliphatic heterocycles. The van der Waals surface area contributed by atoms with Gasteiger partial charge in [0.25, 0.3) is 11.5 Å². The fourth-order valence-electron chi connectivity index (χ4n) is 3.99. The number of nitrogens with one attached hydrogen (secondary N) is 3. The first-order chi connectivity index (χ1) is 16.9. The highest BCUT2D eigenvalue weighted by Crippen LogP contribution is 2.25. The van der Waals surface area contributed by atoms with E-state index in [-0.39, 0.29) is 12.0 Å². The maximum Gasteiger partial charge on any atom is 0.305 e. The fraction of sp³-hybridized carbons (Fsp3) is 0.259. The van der Waals surface area contributed by atoms with Gasteiger partial charge in [0.2, 0.25) is 0 Å². The molecule has 1 heterocycles. The van der Waals surface area contributed by atoms with Gasteiger partial charge in [-0.25, -0.2) is 0 Å². The number of carbonyl (C=O) groups excluding carboxylic acids is 1. The number of rotatable bonds is 11. The third kappa shape index (κ3) is 7.14. The van der Waals surface area contributed by atoms with Crippen LogP contribution in [0.15, 0.2) is 83.8 Å². The summed E-state index contributed by atoms with van der Waals surface area (Å²) in [6.07, 6.45) is 2.37. The monoisotopic (exact) mass is 474 g/mol. The van der Waals surface area contributed by atoms with Gasteiger partial charge in [0, 0.05) is 18.8 Å². The molecule has 0 saturated heterocycles. The maximum absolute atomic E-state index is 13.5. The van der Waals surface area contributed by atoms with Crippen LogP contribution in [0.4, 0.5) is 0 Å². The summed E-state index contributed by atoms with van der Waals surface area (Å²) >= 11 is 0. The van der Waals surface area contributed by atoms with Crippen molar-refractivity contribution in [3.63, 3.8) is 0 Å². The lowest BCUT2D eigenvalue weighted by Gasteiger charge is -2.22. The number of hydrogen-bond donors (Lipinski definition) is 4. The summed E-state index contributed by atoms with van der Waals surface area (Å²) in [4.78, 5) is 37.9. The van der Waals surface area contributed by atoms with Crippen molar-refractivity contribution in [1.29, 1.82) is 5.41 Å². The zero-order valence-electron chi connectivity index (χ0n) is 19.6. The van der Waals surface area contributed by atoms with E-state index >= 15 is 0 Å². The van der Waals surface area contributed by atoms with Crippen LogP contribution >= 0.6 is 0 Å². The minimum Gasteiger partial charge on any atom is -0.481 e. The van der Waals surface area contributed by atoms with Crippen LogP contribution in [0.5, 0.6) is 0 Å². The van der Waals surface area contributed by atoms with E-state index in [1.165, 1.54) is 10.6 Å². The van der Waals surface area contributed by atoms with Gasteiger partial charge in [-0.1, -0.05) is 60.7 Å². The number of carboxylic acid groups (broad SMARTS) is 1. The quantitative estimate of drug-likeness (QED) is 0.193. The lowest BCUT2D eigenvalue weighted by molar-refractivity contribution is -0.137. The second-order valence-corrected chi connectivity index (χ2v) is 8.32. The smallest absolute Gasteiger partial charge is 0.305 e. The van der Waals surface area contributed by atoms with Gasteiger partial charge in [0.1, 0.15) is 5.56 Å². The zero-order chi connectivity index (χ0) is 25.2. The van der Waals surface area contributed by atoms with Crippen molar-refractivity contribution >= 4 is 17.7 Å². The number of pyridine rings is 1. The number of carbonyl (C=O) groups is 2. The van der Waals surface area contributed by atoms with Crippen molar-refractivity contribution < 1.29 is 14.7 Å². The van der Waals surface area contributed by atoms with Crippen LogP contribution in [0.25, 0.3) is 0 Å². The van der Waals surface area contributed by atoms with Crippen LogP contribution in [0, 0.1) is 5.41 Å². The molecule has 2 aromatic carbocycles. The van der Waals surface area contributed by atoms with Crippen molar-refractivity contribution in [1.82, 2.24) is 15.2 Å². The van der Waals surface area contributed by atoms with Crippen LogP contribution < -0.4 is 16.2 Å². The molecule has 0 fully saturated rings. The molecule has 0 aliphatic carbocycles. The minimum atomic E-state index is -1.04. The average molecular weight is 475 g/mol. The van der Waals surface area contributed by atoms with Gasteiger partial charge >= 0.3 is 5.97 Å². The van der Waals surface area contributed by atoms with Gasteiger partial charge in [-0.05, 0) is 43.0 Å². The maximum atomic E-state index is 13.5. The topological polar surface area (TPSA) is 124 Å². The summed E-state index contributed by atoms with van der Waals surface area (Å²) in [6, 6.07) is 21.2. The van der Waals surface area contributed by atoms with Gasteiger partial charge in [-0.2, -0.15) is 0 Å². The molecule has 4 N–H and O–H groups in total. The average Bonchev–Trinajstić information content (AvgIpc) is 2.84. The Bertz CT molecular complexity index is 1170. The summed E-state index contributed by atoms with van der Waals surface area (Å²) < 4.78 is 1.53. The second-order valence-electron chi connectivity index (χ2n) is 8.32. The Morgan fingerprint density at radius 1 is 0.971 bits per heavy atom. The first-order valence-corrected chi connectivity index (χ1v) is 11.5. The van der Waals surface area contributed by atoms with Crippen molar-refractivity contribution in [2.24, 2.45) is 0 Å². The first kappa shape index (κ1) is 25.4. The number of aromatic nitrogens is 1. The number of amidine groups is 1. The summed E-state index contributed by atoms with van der Waals surface area (Å²) in [5, 5.41) is 22.3. The number of carboxylic acids is 1. The molecule has 0 bridgehead atoms. The normalized spacial score (nSPS) is 11.6. The van der Waals surface area contributed by atoms with Crippen LogP contribution in [0.1, 0.15) is 53.7 Å². The molecule has 1 aromatic heterocycles. The Morgan fingerprint density at radius 3 is 2.11 bits per heavy atom. The van der Waals surface area contributed by atoms with Crippen molar-refractivity contribution in [2.75, 3.05) is 6.54 Å². The number of amides is 1. The lowest BCUT2D eigenvalue weighted by Crippen LogP contribution is -2.41. The summed E-state index contributed by atoms with van der Waals surface area (Å²) in [5.41, 5.74) is 1.29. The van der Waals surface area contributed by atoms with E-state index in [0.29, 0.717) is 25.2 Å². The molecule has 182 valence electrons.